The van der Waals surface area contributed by atoms with Crippen molar-refractivity contribution in [2.24, 2.45) is 0 Å². The van der Waals surface area contributed by atoms with E-state index in [4.69, 9.17) is 0 Å². The molecule has 0 bridgehead atoms. The summed E-state index contributed by atoms with van der Waals surface area (Å²) in [6, 6.07) is 67.8. The van der Waals surface area contributed by atoms with Gasteiger partial charge in [0, 0.05) is 38.3 Å². The molecule has 2 heteroatoms. The summed E-state index contributed by atoms with van der Waals surface area (Å²) in [5, 5.41) is 5.14. The van der Waals surface area contributed by atoms with Crippen molar-refractivity contribution in [3.8, 4) is 44.8 Å². The van der Waals surface area contributed by atoms with Gasteiger partial charge in [-0.2, -0.15) is 0 Å². The lowest BCUT2D eigenvalue weighted by Gasteiger charge is -2.27. The van der Waals surface area contributed by atoms with Gasteiger partial charge in [0.1, 0.15) is 0 Å². The lowest BCUT2D eigenvalue weighted by Crippen LogP contribution is -2.20. The van der Waals surface area contributed by atoms with Crippen molar-refractivity contribution in [2.45, 2.75) is 31.1 Å². The van der Waals surface area contributed by atoms with Crippen molar-refractivity contribution in [1.29, 1.82) is 0 Å². The highest BCUT2D eigenvalue weighted by atomic mass is 15.0. The average molecular weight is 703 g/mol. The highest BCUT2D eigenvalue weighted by molar-refractivity contribution is 6.26. The Hall–Kier alpha value is -6.64. The molecule has 55 heavy (non-hydrogen) atoms. The summed E-state index contributed by atoms with van der Waals surface area (Å²) in [6.07, 6.45) is 5.02. The first-order valence-corrected chi connectivity index (χ1v) is 19.7. The zero-order chi connectivity index (χ0) is 36.1. The van der Waals surface area contributed by atoms with Crippen LogP contribution in [-0.2, 0) is 5.41 Å². The van der Waals surface area contributed by atoms with Crippen LogP contribution in [0.1, 0.15) is 36.8 Å². The van der Waals surface area contributed by atoms with E-state index in [0.717, 1.165) is 5.69 Å². The van der Waals surface area contributed by atoms with Crippen LogP contribution in [0.15, 0.2) is 182 Å². The molecular weight excluding hydrogens is 665 g/mol. The maximum Gasteiger partial charge on any atom is 0.0641 e. The van der Waals surface area contributed by atoms with Gasteiger partial charge in [0.25, 0.3) is 0 Å². The van der Waals surface area contributed by atoms with E-state index in [1.54, 1.807) is 0 Å². The quantitative estimate of drug-likeness (QED) is 0.173. The van der Waals surface area contributed by atoms with Gasteiger partial charge >= 0.3 is 0 Å². The molecule has 1 fully saturated rings. The standard InChI is InChI=1S/C53H38N2/c1-2-13-35(14-3-1)36-23-25-37(26-24-36)38-15-12-16-39(33-38)54-49-22-9-6-19-45(49)51-50(54)30-29-44-43-18-5-8-21-48(43)55(52(44)51)40-27-28-42-41-17-4-7-20-46(41)53(47(42)34-40)31-10-11-32-53/h1-9,12-30,33-34H,10-11,31-32H2. The number of benzene rings is 8. The van der Waals surface area contributed by atoms with Crippen LogP contribution < -0.4 is 0 Å². The van der Waals surface area contributed by atoms with E-state index >= 15 is 0 Å². The summed E-state index contributed by atoms with van der Waals surface area (Å²) in [5.41, 5.74) is 18.2. The Morgan fingerprint density at radius 3 is 1.80 bits per heavy atom. The molecule has 0 radical (unpaired) electrons. The van der Waals surface area contributed by atoms with Crippen molar-refractivity contribution in [3.63, 3.8) is 0 Å². The molecular formula is C53H38N2. The van der Waals surface area contributed by atoms with E-state index in [1.165, 1.54) is 119 Å². The Bertz CT molecular complexity index is 3130. The van der Waals surface area contributed by atoms with Crippen molar-refractivity contribution in [3.05, 3.63) is 193 Å². The molecule has 1 spiro atoms. The molecule has 10 aromatic rings. The Balaban J connectivity index is 1.09. The normalized spacial score (nSPS) is 14.4. The second-order valence-corrected chi connectivity index (χ2v) is 15.6. The van der Waals surface area contributed by atoms with Crippen LogP contribution in [-0.4, -0.2) is 9.13 Å². The van der Waals surface area contributed by atoms with E-state index in [1.807, 2.05) is 0 Å². The SMILES string of the molecule is c1ccc(-c2ccc(-c3cccc(-n4c5ccccc5c5c4ccc4c6ccccc6n(-c6ccc7c(c6)C6(CCCC6)c6ccccc6-7)c45)c3)cc2)cc1. The number of nitrogens with zero attached hydrogens (tertiary/aromatic N) is 2. The molecule has 260 valence electrons. The monoisotopic (exact) mass is 702 g/mol. The Morgan fingerprint density at radius 1 is 0.364 bits per heavy atom. The van der Waals surface area contributed by atoms with Gasteiger partial charge in [-0.25, -0.2) is 0 Å². The molecule has 0 amide bonds. The van der Waals surface area contributed by atoms with Crippen LogP contribution in [0, 0.1) is 0 Å². The number of rotatable bonds is 4. The minimum Gasteiger partial charge on any atom is -0.309 e. The molecule has 0 aliphatic heterocycles. The van der Waals surface area contributed by atoms with Crippen LogP contribution in [0.4, 0.5) is 0 Å². The number of aromatic nitrogens is 2. The third-order valence-electron chi connectivity index (χ3n) is 12.9. The van der Waals surface area contributed by atoms with Crippen LogP contribution in [0.25, 0.3) is 88.4 Å². The molecule has 2 aliphatic carbocycles. The summed E-state index contributed by atoms with van der Waals surface area (Å²) >= 11 is 0. The van der Waals surface area contributed by atoms with E-state index < -0.39 is 0 Å². The molecule has 8 aromatic carbocycles. The van der Waals surface area contributed by atoms with Crippen molar-refractivity contribution in [2.75, 3.05) is 0 Å². The van der Waals surface area contributed by atoms with E-state index in [2.05, 4.69) is 191 Å². The average Bonchev–Trinajstić information content (AvgIpc) is 4.02. The summed E-state index contributed by atoms with van der Waals surface area (Å²) < 4.78 is 5.04. The molecule has 2 aliphatic rings. The van der Waals surface area contributed by atoms with Crippen molar-refractivity contribution in [1.82, 2.24) is 9.13 Å². The van der Waals surface area contributed by atoms with E-state index in [0.29, 0.717) is 0 Å². The first-order chi connectivity index (χ1) is 27.3. The van der Waals surface area contributed by atoms with Crippen LogP contribution in [0.5, 0.6) is 0 Å². The molecule has 2 nitrogen and oxygen atoms in total. The van der Waals surface area contributed by atoms with E-state index in [-0.39, 0.29) is 5.41 Å². The zero-order valence-electron chi connectivity index (χ0n) is 30.5. The smallest absolute Gasteiger partial charge is 0.0641 e. The predicted octanol–water partition coefficient (Wildman–Crippen LogP) is 14.1. The van der Waals surface area contributed by atoms with Gasteiger partial charge in [-0.05, 0) is 99.8 Å². The fraction of sp³-hybridized carbons (Fsp3) is 0.0943. The predicted molar refractivity (Wildman–Crippen MR) is 231 cm³/mol. The second kappa shape index (κ2) is 11.7. The summed E-state index contributed by atoms with van der Waals surface area (Å²) in [5.74, 6) is 0. The molecule has 0 unspecified atom stereocenters. The molecule has 0 N–H and O–H groups in total. The number of para-hydroxylation sites is 2. The molecule has 0 saturated heterocycles. The van der Waals surface area contributed by atoms with Gasteiger partial charge in [0.15, 0.2) is 0 Å². The lowest BCUT2D eigenvalue weighted by atomic mass is 9.77. The molecule has 12 rings (SSSR count). The maximum absolute atomic E-state index is 2.57. The third kappa shape index (κ3) is 4.37. The minimum atomic E-state index is 0.110. The summed E-state index contributed by atoms with van der Waals surface area (Å²) in [7, 11) is 0. The molecule has 1 saturated carbocycles. The maximum atomic E-state index is 2.57. The zero-order valence-corrected chi connectivity index (χ0v) is 30.5. The van der Waals surface area contributed by atoms with Gasteiger partial charge in [-0.1, -0.05) is 152 Å². The number of fused-ring (bicyclic) bond motifs is 12. The summed E-state index contributed by atoms with van der Waals surface area (Å²) in [4.78, 5) is 0. The highest BCUT2D eigenvalue weighted by Crippen LogP contribution is 2.57. The second-order valence-electron chi connectivity index (χ2n) is 15.6. The Labute approximate surface area is 320 Å². The fourth-order valence-corrected chi connectivity index (χ4v) is 10.5. The highest BCUT2D eigenvalue weighted by Gasteiger charge is 2.45. The topological polar surface area (TPSA) is 9.86 Å². The van der Waals surface area contributed by atoms with Gasteiger partial charge < -0.3 is 9.13 Å². The lowest BCUT2D eigenvalue weighted by molar-refractivity contribution is 0.549. The molecule has 2 aromatic heterocycles. The summed E-state index contributed by atoms with van der Waals surface area (Å²) in [6.45, 7) is 0. The third-order valence-corrected chi connectivity index (χ3v) is 12.9. The van der Waals surface area contributed by atoms with Crippen molar-refractivity contribution >= 4 is 43.6 Å². The van der Waals surface area contributed by atoms with E-state index in [9.17, 15) is 0 Å². The van der Waals surface area contributed by atoms with Crippen molar-refractivity contribution < 1.29 is 0 Å². The number of hydrogen-bond acceptors (Lipinski definition) is 0. The first-order valence-electron chi connectivity index (χ1n) is 19.7. The van der Waals surface area contributed by atoms with Gasteiger partial charge in [-0.15, -0.1) is 0 Å². The van der Waals surface area contributed by atoms with Gasteiger partial charge in [0.2, 0.25) is 0 Å². The van der Waals surface area contributed by atoms with Crippen LogP contribution in [0.3, 0.4) is 0 Å². The number of hydrogen-bond donors (Lipinski definition) is 0. The Kier molecular flexibility index (Phi) is 6.54. The largest absolute Gasteiger partial charge is 0.309 e. The Morgan fingerprint density at radius 2 is 0.982 bits per heavy atom. The molecule has 0 atom stereocenters. The molecule has 2 heterocycles. The van der Waals surface area contributed by atoms with Gasteiger partial charge in [-0.3, -0.25) is 0 Å². The van der Waals surface area contributed by atoms with Crippen LogP contribution >= 0.6 is 0 Å². The van der Waals surface area contributed by atoms with Gasteiger partial charge in [0.05, 0.1) is 22.1 Å². The fourth-order valence-electron chi connectivity index (χ4n) is 10.5. The minimum absolute atomic E-state index is 0.110. The van der Waals surface area contributed by atoms with Crippen LogP contribution in [0.2, 0.25) is 0 Å². The first kappa shape index (κ1) is 30.8.